The number of hydrogen-bond donors (Lipinski definition) is 2. The first kappa shape index (κ1) is 19.0. The lowest BCUT2D eigenvalue weighted by Crippen LogP contribution is -2.42. The molecular formula is C17H13BrF3NO3. The Hall–Kier alpha value is -2.35. The smallest absolute Gasteiger partial charge is 0.416 e. The van der Waals surface area contributed by atoms with Crippen LogP contribution >= 0.6 is 15.9 Å². The summed E-state index contributed by atoms with van der Waals surface area (Å²) < 4.78 is 38.9. The van der Waals surface area contributed by atoms with Crippen LogP contribution in [0.15, 0.2) is 53.0 Å². The molecule has 0 radical (unpaired) electrons. The maximum absolute atomic E-state index is 12.7. The third kappa shape index (κ3) is 5.32. The van der Waals surface area contributed by atoms with E-state index in [0.29, 0.717) is 11.6 Å². The highest BCUT2D eigenvalue weighted by Crippen LogP contribution is 2.29. The molecule has 0 unspecified atom stereocenters. The van der Waals surface area contributed by atoms with Gasteiger partial charge >= 0.3 is 12.1 Å². The number of carboxylic acid groups (broad SMARTS) is 1. The molecule has 0 aliphatic carbocycles. The fraction of sp³-hybridized carbons (Fsp3) is 0.176. The number of halogens is 4. The molecule has 1 amide bonds. The second kappa shape index (κ2) is 7.69. The quantitative estimate of drug-likeness (QED) is 0.778. The zero-order valence-corrected chi connectivity index (χ0v) is 14.3. The lowest BCUT2D eigenvalue weighted by atomic mass is 10.0. The second-order valence-corrected chi connectivity index (χ2v) is 6.19. The van der Waals surface area contributed by atoms with Gasteiger partial charge in [0.15, 0.2) is 0 Å². The van der Waals surface area contributed by atoms with Crippen molar-refractivity contribution in [2.45, 2.75) is 18.6 Å². The van der Waals surface area contributed by atoms with Gasteiger partial charge in [-0.15, -0.1) is 0 Å². The molecule has 2 rings (SSSR count). The minimum absolute atomic E-state index is 0.000521. The first-order valence-electron chi connectivity index (χ1n) is 7.12. The van der Waals surface area contributed by atoms with Crippen molar-refractivity contribution < 1.29 is 27.9 Å². The highest BCUT2D eigenvalue weighted by Gasteiger charge is 2.31. The van der Waals surface area contributed by atoms with Crippen LogP contribution in [0.3, 0.4) is 0 Å². The molecule has 0 heterocycles. The number of aliphatic carboxylic acids is 1. The van der Waals surface area contributed by atoms with Crippen LogP contribution in [0.25, 0.3) is 0 Å². The van der Waals surface area contributed by atoms with Crippen molar-refractivity contribution in [3.63, 3.8) is 0 Å². The fourth-order valence-electron chi connectivity index (χ4n) is 2.18. The average Bonchev–Trinajstić information content (AvgIpc) is 2.53. The zero-order chi connectivity index (χ0) is 18.6. The Bertz CT molecular complexity index is 793. The average molecular weight is 416 g/mol. The topological polar surface area (TPSA) is 66.4 Å². The van der Waals surface area contributed by atoms with Gasteiger partial charge in [0.1, 0.15) is 6.04 Å². The first-order valence-corrected chi connectivity index (χ1v) is 7.91. The van der Waals surface area contributed by atoms with Crippen LogP contribution in [0.1, 0.15) is 21.5 Å². The van der Waals surface area contributed by atoms with Crippen LogP contribution in [0.5, 0.6) is 0 Å². The molecule has 2 aromatic rings. The summed E-state index contributed by atoms with van der Waals surface area (Å²) >= 11 is 3.26. The van der Waals surface area contributed by atoms with Crippen molar-refractivity contribution in [1.82, 2.24) is 5.32 Å². The number of hydrogen-bond acceptors (Lipinski definition) is 2. The van der Waals surface area contributed by atoms with Crippen molar-refractivity contribution >= 4 is 27.8 Å². The third-order valence-corrected chi connectivity index (χ3v) is 3.88. The van der Waals surface area contributed by atoms with Gasteiger partial charge in [0.2, 0.25) is 0 Å². The number of alkyl halides is 3. The van der Waals surface area contributed by atoms with Gasteiger partial charge < -0.3 is 10.4 Å². The Morgan fingerprint density at radius 1 is 1.12 bits per heavy atom. The molecule has 2 aromatic carbocycles. The van der Waals surface area contributed by atoms with Crippen LogP contribution in [0.4, 0.5) is 13.2 Å². The minimum Gasteiger partial charge on any atom is -0.480 e. The Morgan fingerprint density at radius 3 is 2.40 bits per heavy atom. The van der Waals surface area contributed by atoms with E-state index in [-0.39, 0.29) is 12.0 Å². The first-order chi connectivity index (χ1) is 11.7. The molecule has 0 aliphatic rings. The molecule has 0 spiro atoms. The molecule has 4 nitrogen and oxygen atoms in total. The molecule has 0 aromatic heterocycles. The van der Waals surface area contributed by atoms with Crippen molar-refractivity contribution in [1.29, 1.82) is 0 Å². The second-order valence-electron chi connectivity index (χ2n) is 5.28. The fourth-order valence-corrected chi connectivity index (χ4v) is 2.62. The molecule has 25 heavy (non-hydrogen) atoms. The Balaban J connectivity index is 2.17. The summed E-state index contributed by atoms with van der Waals surface area (Å²) in [4.78, 5) is 23.5. The number of rotatable bonds is 5. The molecule has 2 N–H and O–H groups in total. The maximum atomic E-state index is 12.7. The predicted molar refractivity (Wildman–Crippen MR) is 88.2 cm³/mol. The molecule has 0 bridgehead atoms. The van der Waals surface area contributed by atoms with Gasteiger partial charge in [-0.3, -0.25) is 4.79 Å². The zero-order valence-electron chi connectivity index (χ0n) is 12.7. The monoisotopic (exact) mass is 415 g/mol. The number of amides is 1. The van der Waals surface area contributed by atoms with Gasteiger partial charge in [0, 0.05) is 16.5 Å². The van der Waals surface area contributed by atoms with E-state index in [2.05, 4.69) is 21.2 Å². The van der Waals surface area contributed by atoms with Gasteiger partial charge in [-0.05, 0) is 35.9 Å². The third-order valence-electron chi connectivity index (χ3n) is 3.38. The highest BCUT2D eigenvalue weighted by atomic mass is 79.9. The van der Waals surface area contributed by atoms with Gasteiger partial charge in [-0.2, -0.15) is 13.2 Å². The molecule has 0 aliphatic heterocycles. The van der Waals surface area contributed by atoms with Crippen LogP contribution < -0.4 is 5.32 Å². The van der Waals surface area contributed by atoms with E-state index in [1.165, 1.54) is 6.07 Å². The Kier molecular flexibility index (Phi) is 5.84. The van der Waals surface area contributed by atoms with Crippen LogP contribution in [0.2, 0.25) is 0 Å². The van der Waals surface area contributed by atoms with E-state index in [9.17, 15) is 27.9 Å². The molecule has 1 atom stereocenters. The number of carbonyl (C=O) groups is 2. The number of nitrogens with one attached hydrogen (secondary N) is 1. The standard InChI is InChI=1S/C17H13BrF3NO3/c18-13-6-1-3-10(7-13)8-14(16(24)25)22-15(23)11-4-2-5-12(9-11)17(19,20)21/h1-7,9,14H,8H2,(H,22,23)(H,24,25)/t14-/m1/s1. The van der Waals surface area contributed by atoms with Crippen LogP contribution in [0, 0.1) is 0 Å². The van der Waals surface area contributed by atoms with Crippen molar-refractivity contribution in [3.05, 3.63) is 69.7 Å². The Morgan fingerprint density at radius 2 is 1.80 bits per heavy atom. The van der Waals surface area contributed by atoms with E-state index in [1.807, 2.05) is 0 Å². The molecule has 132 valence electrons. The van der Waals surface area contributed by atoms with Crippen LogP contribution in [-0.2, 0) is 17.4 Å². The summed E-state index contributed by atoms with van der Waals surface area (Å²) in [5, 5.41) is 11.5. The van der Waals surface area contributed by atoms with Gasteiger partial charge in [0.05, 0.1) is 5.56 Å². The van der Waals surface area contributed by atoms with Gasteiger partial charge in [-0.25, -0.2) is 4.79 Å². The molecular weight excluding hydrogens is 403 g/mol. The SMILES string of the molecule is O=C(N[C@H](Cc1cccc(Br)c1)C(=O)O)c1cccc(C(F)(F)F)c1. The van der Waals surface area contributed by atoms with E-state index in [0.717, 1.165) is 16.6 Å². The number of carbonyl (C=O) groups excluding carboxylic acids is 1. The number of benzene rings is 2. The predicted octanol–water partition coefficient (Wildman–Crippen LogP) is 3.89. The van der Waals surface area contributed by atoms with Crippen LogP contribution in [-0.4, -0.2) is 23.0 Å². The highest BCUT2D eigenvalue weighted by molar-refractivity contribution is 9.10. The van der Waals surface area contributed by atoms with E-state index in [1.54, 1.807) is 24.3 Å². The minimum atomic E-state index is -4.58. The summed E-state index contributed by atoms with van der Waals surface area (Å²) in [7, 11) is 0. The summed E-state index contributed by atoms with van der Waals surface area (Å²) in [6.45, 7) is 0. The molecule has 0 saturated heterocycles. The molecule has 8 heteroatoms. The normalized spacial score (nSPS) is 12.5. The van der Waals surface area contributed by atoms with Gasteiger partial charge in [0.25, 0.3) is 5.91 Å². The molecule has 0 fully saturated rings. The largest absolute Gasteiger partial charge is 0.480 e. The number of carboxylic acids is 1. The van der Waals surface area contributed by atoms with Crippen molar-refractivity contribution in [3.8, 4) is 0 Å². The lowest BCUT2D eigenvalue weighted by Gasteiger charge is -2.15. The van der Waals surface area contributed by atoms with Gasteiger partial charge in [-0.1, -0.05) is 34.1 Å². The summed E-state index contributed by atoms with van der Waals surface area (Å²) in [6, 6.07) is 9.43. The summed E-state index contributed by atoms with van der Waals surface area (Å²) in [5.41, 5.74) is -0.569. The summed E-state index contributed by atoms with van der Waals surface area (Å²) in [5.74, 6) is -2.16. The van der Waals surface area contributed by atoms with E-state index >= 15 is 0 Å². The van der Waals surface area contributed by atoms with Crippen molar-refractivity contribution in [2.75, 3.05) is 0 Å². The van der Waals surface area contributed by atoms with E-state index < -0.39 is 29.7 Å². The summed E-state index contributed by atoms with van der Waals surface area (Å²) in [6.07, 6.45) is -4.59. The Labute approximate surface area is 149 Å². The van der Waals surface area contributed by atoms with E-state index in [4.69, 9.17) is 0 Å². The lowest BCUT2D eigenvalue weighted by molar-refractivity contribution is -0.139. The molecule has 0 saturated carbocycles. The van der Waals surface area contributed by atoms with Crippen molar-refractivity contribution in [2.24, 2.45) is 0 Å². The maximum Gasteiger partial charge on any atom is 0.416 e.